The van der Waals surface area contributed by atoms with E-state index in [1.54, 1.807) is 60.7 Å². The van der Waals surface area contributed by atoms with Crippen LogP contribution < -0.4 is 9.62 Å². The SMILES string of the molecule is CC(C)(C)NC(=O)C(Cc1ccccc1)N(Cc1ccccc1Cl)C(=O)CN(c1ccc(I)cc1)S(=O)(=O)c1ccccc1. The van der Waals surface area contributed by atoms with Crippen LogP contribution in [0.3, 0.4) is 0 Å². The lowest BCUT2D eigenvalue weighted by Gasteiger charge is -2.35. The Labute approximate surface area is 278 Å². The lowest BCUT2D eigenvalue weighted by molar-refractivity contribution is -0.140. The zero-order valence-electron chi connectivity index (χ0n) is 24.8. The number of hydrogen-bond donors (Lipinski definition) is 1. The molecule has 4 aromatic rings. The van der Waals surface area contributed by atoms with Crippen molar-refractivity contribution in [1.82, 2.24) is 10.2 Å². The first kappa shape index (κ1) is 33.5. The molecule has 10 heteroatoms. The second kappa shape index (κ2) is 14.6. The number of amides is 2. The van der Waals surface area contributed by atoms with E-state index in [2.05, 4.69) is 27.9 Å². The summed E-state index contributed by atoms with van der Waals surface area (Å²) >= 11 is 8.69. The van der Waals surface area contributed by atoms with Crippen LogP contribution >= 0.6 is 34.2 Å². The molecule has 230 valence electrons. The van der Waals surface area contributed by atoms with Crippen LogP contribution in [0.4, 0.5) is 5.69 Å². The van der Waals surface area contributed by atoms with E-state index >= 15 is 0 Å². The highest BCUT2D eigenvalue weighted by Crippen LogP contribution is 2.27. The number of rotatable bonds is 11. The minimum Gasteiger partial charge on any atom is -0.350 e. The van der Waals surface area contributed by atoms with Gasteiger partial charge in [-0.15, -0.1) is 0 Å². The fourth-order valence-electron chi connectivity index (χ4n) is 4.67. The summed E-state index contributed by atoms with van der Waals surface area (Å²) in [4.78, 5) is 29.9. The Hall–Kier alpha value is -3.41. The maximum Gasteiger partial charge on any atom is 0.264 e. The second-order valence-electron chi connectivity index (χ2n) is 11.4. The minimum absolute atomic E-state index is 0.000513. The first-order valence-corrected chi connectivity index (χ1v) is 17.0. The van der Waals surface area contributed by atoms with Crippen molar-refractivity contribution in [2.24, 2.45) is 0 Å². The molecule has 44 heavy (non-hydrogen) atoms. The smallest absolute Gasteiger partial charge is 0.264 e. The van der Waals surface area contributed by atoms with Crippen LogP contribution in [0.15, 0.2) is 114 Å². The van der Waals surface area contributed by atoms with Gasteiger partial charge in [0.2, 0.25) is 11.8 Å². The Bertz CT molecular complexity index is 1680. The van der Waals surface area contributed by atoms with E-state index in [9.17, 15) is 18.0 Å². The van der Waals surface area contributed by atoms with Crippen molar-refractivity contribution in [3.8, 4) is 0 Å². The molecule has 0 aliphatic heterocycles. The van der Waals surface area contributed by atoms with Crippen LogP contribution in [0.2, 0.25) is 5.02 Å². The number of halogens is 2. The van der Waals surface area contributed by atoms with Gasteiger partial charge in [0.15, 0.2) is 0 Å². The molecule has 0 fully saturated rings. The van der Waals surface area contributed by atoms with Crippen molar-refractivity contribution in [1.29, 1.82) is 0 Å². The predicted molar refractivity (Wildman–Crippen MR) is 184 cm³/mol. The Balaban J connectivity index is 1.82. The summed E-state index contributed by atoms with van der Waals surface area (Å²) in [5.41, 5.74) is 1.24. The van der Waals surface area contributed by atoms with Crippen molar-refractivity contribution in [3.05, 3.63) is 129 Å². The van der Waals surface area contributed by atoms with Gasteiger partial charge in [0.1, 0.15) is 12.6 Å². The van der Waals surface area contributed by atoms with Crippen molar-refractivity contribution in [3.63, 3.8) is 0 Å². The van der Waals surface area contributed by atoms with E-state index in [0.29, 0.717) is 16.3 Å². The zero-order valence-corrected chi connectivity index (χ0v) is 28.5. The molecule has 2 amide bonds. The molecule has 0 aliphatic carbocycles. The molecular formula is C34H35ClIN3O4S. The molecule has 7 nitrogen and oxygen atoms in total. The molecular weight excluding hydrogens is 709 g/mol. The Morgan fingerprint density at radius 3 is 2.00 bits per heavy atom. The van der Waals surface area contributed by atoms with Crippen LogP contribution in [0, 0.1) is 3.57 Å². The van der Waals surface area contributed by atoms with E-state index in [1.165, 1.54) is 17.0 Å². The number of sulfonamides is 1. The molecule has 0 spiro atoms. The van der Waals surface area contributed by atoms with Crippen molar-refractivity contribution in [2.75, 3.05) is 10.8 Å². The monoisotopic (exact) mass is 743 g/mol. The quantitative estimate of drug-likeness (QED) is 0.174. The molecule has 1 N–H and O–H groups in total. The van der Waals surface area contributed by atoms with Gasteiger partial charge in [-0.3, -0.25) is 13.9 Å². The van der Waals surface area contributed by atoms with Crippen molar-refractivity contribution in [2.45, 2.75) is 50.2 Å². The van der Waals surface area contributed by atoms with Gasteiger partial charge < -0.3 is 10.2 Å². The average molecular weight is 744 g/mol. The number of carbonyl (C=O) groups is 2. The maximum absolute atomic E-state index is 14.5. The molecule has 0 heterocycles. The van der Waals surface area contributed by atoms with Gasteiger partial charge in [-0.1, -0.05) is 78.3 Å². The van der Waals surface area contributed by atoms with E-state index < -0.39 is 34.1 Å². The summed E-state index contributed by atoms with van der Waals surface area (Å²) < 4.78 is 30.1. The Kier molecular flexibility index (Phi) is 11.1. The van der Waals surface area contributed by atoms with Gasteiger partial charge >= 0.3 is 0 Å². The molecule has 0 radical (unpaired) electrons. The third kappa shape index (κ3) is 8.83. The van der Waals surface area contributed by atoms with Gasteiger partial charge in [0, 0.05) is 27.1 Å². The molecule has 1 unspecified atom stereocenters. The van der Waals surface area contributed by atoms with E-state index in [4.69, 9.17) is 11.6 Å². The summed E-state index contributed by atoms with van der Waals surface area (Å²) in [5.74, 6) is -0.901. The van der Waals surface area contributed by atoms with E-state index in [-0.39, 0.29) is 23.8 Å². The molecule has 1 atom stereocenters. The number of hydrogen-bond acceptors (Lipinski definition) is 4. The van der Waals surface area contributed by atoms with Gasteiger partial charge in [0.05, 0.1) is 10.6 Å². The third-order valence-electron chi connectivity index (χ3n) is 6.79. The maximum atomic E-state index is 14.5. The fourth-order valence-corrected chi connectivity index (χ4v) is 6.66. The Morgan fingerprint density at radius 2 is 1.41 bits per heavy atom. The van der Waals surface area contributed by atoms with E-state index in [0.717, 1.165) is 13.4 Å². The lowest BCUT2D eigenvalue weighted by atomic mass is 10.0. The third-order valence-corrected chi connectivity index (χ3v) is 9.67. The van der Waals surface area contributed by atoms with Crippen LogP contribution in [0.1, 0.15) is 31.9 Å². The number of carbonyl (C=O) groups excluding carboxylic acids is 2. The summed E-state index contributed by atoms with van der Waals surface area (Å²) in [6, 6.07) is 30.5. The number of nitrogens with one attached hydrogen (secondary N) is 1. The van der Waals surface area contributed by atoms with Gasteiger partial charge in [-0.25, -0.2) is 8.42 Å². The molecule has 4 rings (SSSR count). The topological polar surface area (TPSA) is 86.8 Å². The molecule has 0 saturated carbocycles. The molecule has 0 aliphatic rings. The molecule has 0 bridgehead atoms. The molecule has 4 aromatic carbocycles. The van der Waals surface area contributed by atoms with E-state index in [1.807, 2.05) is 57.2 Å². The molecule has 0 aromatic heterocycles. The summed E-state index contributed by atoms with van der Waals surface area (Å²) in [6.07, 6.45) is 0.216. The average Bonchev–Trinajstić information content (AvgIpc) is 2.99. The highest BCUT2D eigenvalue weighted by molar-refractivity contribution is 14.1. The summed E-state index contributed by atoms with van der Waals surface area (Å²) in [6.45, 7) is 5.08. The van der Waals surface area contributed by atoms with Gasteiger partial charge in [-0.05, 0) is 97.0 Å². The first-order chi connectivity index (χ1) is 20.8. The summed E-state index contributed by atoms with van der Waals surface area (Å²) in [5, 5.41) is 3.46. The number of anilines is 1. The van der Waals surface area contributed by atoms with Crippen LogP contribution in [0.5, 0.6) is 0 Å². The van der Waals surface area contributed by atoms with Crippen LogP contribution in [0.25, 0.3) is 0 Å². The van der Waals surface area contributed by atoms with Gasteiger partial charge in [0.25, 0.3) is 10.0 Å². The zero-order chi connectivity index (χ0) is 31.9. The largest absolute Gasteiger partial charge is 0.350 e. The van der Waals surface area contributed by atoms with Gasteiger partial charge in [-0.2, -0.15) is 0 Å². The predicted octanol–water partition coefficient (Wildman–Crippen LogP) is 6.69. The fraction of sp³-hybridized carbons (Fsp3) is 0.235. The number of nitrogens with zero attached hydrogens (tertiary/aromatic N) is 2. The number of benzene rings is 4. The van der Waals surface area contributed by atoms with Crippen LogP contribution in [-0.2, 0) is 32.6 Å². The standard InChI is InChI=1S/C34H35ClIN3O4S/c1-34(2,3)37-33(41)31(22-25-12-6-4-7-13-25)38(23-26-14-10-11-17-30(26)35)32(40)24-39(28-20-18-27(36)19-21-28)44(42,43)29-15-8-5-9-16-29/h4-21,31H,22-24H2,1-3H3,(H,37,41). The van der Waals surface area contributed by atoms with Crippen LogP contribution in [-0.4, -0.2) is 43.3 Å². The van der Waals surface area contributed by atoms with Crippen molar-refractivity contribution < 1.29 is 18.0 Å². The normalized spacial score (nSPS) is 12.3. The summed E-state index contributed by atoms with van der Waals surface area (Å²) in [7, 11) is -4.15. The second-order valence-corrected chi connectivity index (χ2v) is 14.9. The first-order valence-electron chi connectivity index (χ1n) is 14.1. The molecule has 0 saturated heterocycles. The minimum atomic E-state index is -4.15. The lowest BCUT2D eigenvalue weighted by Crippen LogP contribution is -2.56. The Morgan fingerprint density at radius 1 is 0.841 bits per heavy atom. The highest BCUT2D eigenvalue weighted by atomic mass is 127. The van der Waals surface area contributed by atoms with Crippen molar-refractivity contribution >= 4 is 61.7 Å². The highest BCUT2D eigenvalue weighted by Gasteiger charge is 2.35.